The average Bonchev–Trinajstić information content (AvgIpc) is 2.00. The van der Waals surface area contributed by atoms with Crippen LogP contribution in [0.3, 0.4) is 0 Å². The van der Waals surface area contributed by atoms with E-state index in [1.54, 1.807) is 6.92 Å². The molecule has 5 heteroatoms. The van der Waals surface area contributed by atoms with E-state index in [2.05, 4.69) is 4.74 Å². The molecular formula is C8H15NO4. The number of hydrogen-bond donors (Lipinski definition) is 1. The van der Waals surface area contributed by atoms with Crippen molar-refractivity contribution in [3.05, 3.63) is 0 Å². The molecule has 0 rings (SSSR count). The standard InChI is InChI=1S/C8H15NO4/c1-5(4-12-7(3)10)13-8(11)6(2)9/h5-6H,4,9H2,1-3H3/t5?,6-/m0/s1. The summed E-state index contributed by atoms with van der Waals surface area (Å²) in [4.78, 5) is 21.3. The van der Waals surface area contributed by atoms with Gasteiger partial charge < -0.3 is 15.2 Å². The molecule has 0 aromatic rings. The summed E-state index contributed by atoms with van der Waals surface area (Å²) < 4.78 is 9.45. The van der Waals surface area contributed by atoms with Crippen LogP contribution in [0, 0.1) is 0 Å². The maximum atomic E-state index is 10.9. The molecule has 5 nitrogen and oxygen atoms in total. The molecule has 0 aromatic heterocycles. The largest absolute Gasteiger partial charge is 0.462 e. The van der Waals surface area contributed by atoms with Gasteiger partial charge >= 0.3 is 11.9 Å². The first-order chi connectivity index (χ1) is 5.93. The van der Waals surface area contributed by atoms with Gasteiger partial charge in [-0.05, 0) is 13.8 Å². The highest BCUT2D eigenvalue weighted by Crippen LogP contribution is 1.95. The lowest BCUT2D eigenvalue weighted by Crippen LogP contribution is -2.33. The van der Waals surface area contributed by atoms with Crippen molar-refractivity contribution in [3.63, 3.8) is 0 Å². The normalized spacial score (nSPS) is 14.5. The molecule has 0 bridgehead atoms. The maximum Gasteiger partial charge on any atom is 0.323 e. The Morgan fingerprint density at radius 2 is 1.92 bits per heavy atom. The third kappa shape index (κ3) is 6.10. The van der Waals surface area contributed by atoms with E-state index in [0.717, 1.165) is 0 Å². The van der Waals surface area contributed by atoms with Gasteiger partial charge in [0.25, 0.3) is 0 Å². The first kappa shape index (κ1) is 11.9. The predicted molar refractivity (Wildman–Crippen MR) is 45.8 cm³/mol. The number of ether oxygens (including phenoxy) is 2. The molecule has 2 atom stereocenters. The smallest absolute Gasteiger partial charge is 0.323 e. The molecule has 0 saturated carbocycles. The minimum atomic E-state index is -0.653. The molecule has 0 heterocycles. The van der Waals surface area contributed by atoms with Crippen molar-refractivity contribution < 1.29 is 19.1 Å². The predicted octanol–water partition coefficient (Wildman–Crippen LogP) is -0.172. The van der Waals surface area contributed by atoms with Gasteiger partial charge in [-0.1, -0.05) is 0 Å². The quantitative estimate of drug-likeness (QED) is 0.621. The summed E-state index contributed by atoms with van der Waals surface area (Å²) in [7, 11) is 0. The highest BCUT2D eigenvalue weighted by Gasteiger charge is 2.13. The first-order valence-corrected chi connectivity index (χ1v) is 4.03. The Kier molecular flexibility index (Phi) is 5.06. The van der Waals surface area contributed by atoms with E-state index in [-0.39, 0.29) is 6.61 Å². The van der Waals surface area contributed by atoms with Crippen LogP contribution in [0.1, 0.15) is 20.8 Å². The van der Waals surface area contributed by atoms with Crippen molar-refractivity contribution in [1.82, 2.24) is 0 Å². The highest BCUT2D eigenvalue weighted by molar-refractivity contribution is 5.75. The fourth-order valence-electron chi connectivity index (χ4n) is 0.574. The second kappa shape index (κ2) is 5.53. The van der Waals surface area contributed by atoms with Crippen molar-refractivity contribution in [2.75, 3.05) is 6.61 Å². The van der Waals surface area contributed by atoms with Crippen LogP contribution in [0.5, 0.6) is 0 Å². The molecule has 0 amide bonds. The Morgan fingerprint density at radius 1 is 1.38 bits per heavy atom. The van der Waals surface area contributed by atoms with E-state index < -0.39 is 24.1 Å². The van der Waals surface area contributed by atoms with Crippen molar-refractivity contribution in [2.45, 2.75) is 32.9 Å². The van der Waals surface area contributed by atoms with E-state index in [0.29, 0.717) is 0 Å². The van der Waals surface area contributed by atoms with Crippen LogP contribution in [0.25, 0.3) is 0 Å². The molecule has 0 saturated heterocycles. The average molecular weight is 189 g/mol. The fourth-order valence-corrected chi connectivity index (χ4v) is 0.574. The zero-order chi connectivity index (χ0) is 10.4. The summed E-state index contributed by atoms with van der Waals surface area (Å²) >= 11 is 0. The van der Waals surface area contributed by atoms with Gasteiger partial charge in [-0.15, -0.1) is 0 Å². The molecule has 0 fully saturated rings. The topological polar surface area (TPSA) is 78.6 Å². The van der Waals surface area contributed by atoms with E-state index in [9.17, 15) is 9.59 Å². The highest BCUT2D eigenvalue weighted by atomic mass is 16.6. The monoisotopic (exact) mass is 189 g/mol. The van der Waals surface area contributed by atoms with Gasteiger partial charge in [0, 0.05) is 6.92 Å². The van der Waals surface area contributed by atoms with Gasteiger partial charge in [-0.3, -0.25) is 9.59 Å². The maximum absolute atomic E-state index is 10.9. The molecule has 0 aromatic carbocycles. The van der Waals surface area contributed by atoms with E-state index in [1.807, 2.05) is 0 Å². The number of rotatable bonds is 4. The van der Waals surface area contributed by atoms with Gasteiger partial charge in [0.2, 0.25) is 0 Å². The number of carbonyl (C=O) groups excluding carboxylic acids is 2. The van der Waals surface area contributed by atoms with Crippen LogP contribution in [-0.2, 0) is 19.1 Å². The van der Waals surface area contributed by atoms with Crippen molar-refractivity contribution in [2.24, 2.45) is 5.73 Å². The zero-order valence-electron chi connectivity index (χ0n) is 8.07. The number of nitrogens with two attached hydrogens (primary N) is 1. The third-order valence-electron chi connectivity index (χ3n) is 1.21. The van der Waals surface area contributed by atoms with Gasteiger partial charge in [-0.2, -0.15) is 0 Å². The van der Waals surface area contributed by atoms with Crippen LogP contribution in [0.4, 0.5) is 0 Å². The van der Waals surface area contributed by atoms with Crippen LogP contribution < -0.4 is 5.73 Å². The molecule has 0 spiro atoms. The summed E-state index contributed by atoms with van der Waals surface area (Å²) in [6, 6.07) is -0.653. The second-order valence-corrected chi connectivity index (χ2v) is 2.84. The van der Waals surface area contributed by atoms with Gasteiger partial charge in [0.15, 0.2) is 0 Å². The molecule has 0 aliphatic heterocycles. The fraction of sp³-hybridized carbons (Fsp3) is 0.750. The molecule has 1 unspecified atom stereocenters. The summed E-state index contributed by atoms with van der Waals surface area (Å²) in [5.41, 5.74) is 5.26. The molecular weight excluding hydrogens is 174 g/mol. The third-order valence-corrected chi connectivity index (χ3v) is 1.21. The number of esters is 2. The van der Waals surface area contributed by atoms with E-state index >= 15 is 0 Å². The molecule has 2 N–H and O–H groups in total. The van der Waals surface area contributed by atoms with E-state index in [1.165, 1.54) is 13.8 Å². The van der Waals surface area contributed by atoms with Crippen molar-refractivity contribution in [3.8, 4) is 0 Å². The molecule has 0 radical (unpaired) electrons. The summed E-state index contributed by atoms with van der Waals surface area (Å²) in [6.45, 7) is 4.51. The first-order valence-electron chi connectivity index (χ1n) is 4.03. The molecule has 76 valence electrons. The lowest BCUT2D eigenvalue weighted by atomic mass is 10.3. The summed E-state index contributed by atoms with van der Waals surface area (Å²) in [6.07, 6.45) is -0.456. The van der Waals surface area contributed by atoms with Crippen LogP contribution in [0.15, 0.2) is 0 Å². The summed E-state index contributed by atoms with van der Waals surface area (Å²) in [5.74, 6) is -0.900. The molecule has 0 aliphatic rings. The minimum Gasteiger partial charge on any atom is -0.462 e. The van der Waals surface area contributed by atoms with Crippen LogP contribution >= 0.6 is 0 Å². The van der Waals surface area contributed by atoms with Crippen LogP contribution in [0.2, 0.25) is 0 Å². The van der Waals surface area contributed by atoms with Gasteiger partial charge in [0.05, 0.1) is 0 Å². The minimum absolute atomic E-state index is 0.0633. The van der Waals surface area contributed by atoms with Crippen LogP contribution in [-0.4, -0.2) is 30.7 Å². The Balaban J connectivity index is 3.68. The molecule has 13 heavy (non-hydrogen) atoms. The molecule has 0 aliphatic carbocycles. The summed E-state index contributed by atoms with van der Waals surface area (Å²) in [5, 5.41) is 0. The lowest BCUT2D eigenvalue weighted by molar-refractivity contribution is -0.157. The van der Waals surface area contributed by atoms with Gasteiger partial charge in [-0.25, -0.2) is 0 Å². The van der Waals surface area contributed by atoms with Gasteiger partial charge in [0.1, 0.15) is 18.8 Å². The van der Waals surface area contributed by atoms with Crippen molar-refractivity contribution >= 4 is 11.9 Å². The Hall–Kier alpha value is -1.10. The number of carbonyl (C=O) groups is 2. The lowest BCUT2D eigenvalue weighted by Gasteiger charge is -2.14. The SMILES string of the molecule is CC(=O)OCC(C)OC(=O)[C@H](C)N. The Labute approximate surface area is 77.2 Å². The van der Waals surface area contributed by atoms with E-state index in [4.69, 9.17) is 10.5 Å². The number of hydrogen-bond acceptors (Lipinski definition) is 5. The second-order valence-electron chi connectivity index (χ2n) is 2.84. The van der Waals surface area contributed by atoms with Crippen molar-refractivity contribution in [1.29, 1.82) is 0 Å². The Morgan fingerprint density at radius 3 is 2.31 bits per heavy atom. The zero-order valence-corrected chi connectivity index (χ0v) is 8.07. The Bertz CT molecular complexity index is 191.